The highest BCUT2D eigenvalue weighted by Gasteiger charge is 2.20. The number of benzene rings is 1. The summed E-state index contributed by atoms with van der Waals surface area (Å²) in [6, 6.07) is 5.83. The molecular weight excluding hydrogens is 262 g/mol. The number of aromatic amines is 1. The fraction of sp³-hybridized carbons (Fsp3) is 0.357. The van der Waals surface area contributed by atoms with E-state index in [1.54, 1.807) is 0 Å². The summed E-state index contributed by atoms with van der Waals surface area (Å²) in [5, 5.41) is 7.97. The number of nitrogens with one attached hydrogen (secondary N) is 3. The second-order valence-corrected chi connectivity index (χ2v) is 5.41. The predicted octanol–water partition coefficient (Wildman–Crippen LogP) is 2.22. The number of carbonyl (C=O) groups is 1. The number of carbonyl (C=O) groups excluding carboxylic acids is 1. The zero-order valence-electron chi connectivity index (χ0n) is 10.7. The molecule has 0 spiro atoms. The van der Waals surface area contributed by atoms with E-state index in [4.69, 9.17) is 11.6 Å². The molecule has 1 aromatic heterocycles. The third-order valence-corrected chi connectivity index (χ3v) is 3.88. The van der Waals surface area contributed by atoms with Gasteiger partial charge in [-0.1, -0.05) is 11.6 Å². The minimum Gasteiger partial charge on any atom is -0.350 e. The molecular formula is C14H16ClN3O. The van der Waals surface area contributed by atoms with Crippen LogP contribution in [-0.4, -0.2) is 30.0 Å². The van der Waals surface area contributed by atoms with Crippen molar-refractivity contribution in [1.82, 2.24) is 15.6 Å². The third kappa shape index (κ3) is 2.33. The van der Waals surface area contributed by atoms with Crippen molar-refractivity contribution >= 4 is 28.4 Å². The molecule has 2 heterocycles. The van der Waals surface area contributed by atoms with Crippen LogP contribution in [0.4, 0.5) is 0 Å². The number of hydrogen-bond acceptors (Lipinski definition) is 2. The first-order chi connectivity index (χ1) is 9.15. The van der Waals surface area contributed by atoms with Crippen LogP contribution in [0.1, 0.15) is 22.5 Å². The molecule has 0 bridgehead atoms. The fourth-order valence-electron chi connectivity index (χ4n) is 2.56. The standard InChI is InChI=1S/C14H16ClN3O/c1-8-11-6-9(15)2-3-12(11)18-13(8)14(19)17-10-4-5-16-7-10/h2-3,6,10,16,18H,4-5,7H2,1H3,(H,17,19)/t10-/m1/s1. The number of amides is 1. The zero-order chi connectivity index (χ0) is 13.4. The average Bonchev–Trinajstić information content (AvgIpc) is 2.98. The topological polar surface area (TPSA) is 56.9 Å². The molecule has 1 aromatic carbocycles. The van der Waals surface area contributed by atoms with Crippen molar-refractivity contribution in [3.63, 3.8) is 0 Å². The largest absolute Gasteiger partial charge is 0.350 e. The summed E-state index contributed by atoms with van der Waals surface area (Å²) in [4.78, 5) is 15.4. The second-order valence-electron chi connectivity index (χ2n) is 4.98. The molecule has 1 atom stereocenters. The number of fused-ring (bicyclic) bond motifs is 1. The van der Waals surface area contributed by atoms with Crippen LogP contribution < -0.4 is 10.6 Å². The SMILES string of the molecule is Cc1c(C(=O)N[C@@H]2CCNC2)[nH]c2ccc(Cl)cc12. The van der Waals surface area contributed by atoms with Crippen molar-refractivity contribution < 1.29 is 4.79 Å². The smallest absolute Gasteiger partial charge is 0.268 e. The average molecular weight is 278 g/mol. The Morgan fingerprint density at radius 1 is 1.47 bits per heavy atom. The molecule has 3 N–H and O–H groups in total. The molecule has 1 saturated heterocycles. The molecule has 3 rings (SSSR count). The van der Waals surface area contributed by atoms with E-state index in [-0.39, 0.29) is 11.9 Å². The van der Waals surface area contributed by atoms with Crippen molar-refractivity contribution in [2.24, 2.45) is 0 Å². The lowest BCUT2D eigenvalue weighted by Crippen LogP contribution is -2.36. The molecule has 1 aliphatic rings. The Morgan fingerprint density at radius 3 is 3.05 bits per heavy atom. The lowest BCUT2D eigenvalue weighted by molar-refractivity contribution is 0.0935. The molecule has 100 valence electrons. The first kappa shape index (κ1) is 12.5. The van der Waals surface area contributed by atoms with Gasteiger partial charge in [0.15, 0.2) is 0 Å². The maximum Gasteiger partial charge on any atom is 0.268 e. The minimum absolute atomic E-state index is 0.0430. The molecule has 0 radical (unpaired) electrons. The Bertz CT molecular complexity index is 629. The van der Waals surface area contributed by atoms with Crippen LogP contribution in [0.2, 0.25) is 5.02 Å². The van der Waals surface area contributed by atoms with Gasteiger partial charge in [0.05, 0.1) is 0 Å². The van der Waals surface area contributed by atoms with Gasteiger partial charge in [-0.25, -0.2) is 0 Å². The number of halogens is 1. The fourth-order valence-corrected chi connectivity index (χ4v) is 2.73. The van der Waals surface area contributed by atoms with Gasteiger partial charge < -0.3 is 15.6 Å². The second kappa shape index (κ2) is 4.87. The van der Waals surface area contributed by atoms with Gasteiger partial charge in [-0.05, 0) is 43.7 Å². The third-order valence-electron chi connectivity index (χ3n) is 3.64. The van der Waals surface area contributed by atoms with Gasteiger partial charge in [-0.3, -0.25) is 4.79 Å². The zero-order valence-corrected chi connectivity index (χ0v) is 11.5. The summed E-state index contributed by atoms with van der Waals surface area (Å²) in [7, 11) is 0. The number of aromatic nitrogens is 1. The normalized spacial score (nSPS) is 18.9. The van der Waals surface area contributed by atoms with Crippen molar-refractivity contribution in [2.45, 2.75) is 19.4 Å². The Balaban J connectivity index is 1.91. The van der Waals surface area contributed by atoms with Crippen molar-refractivity contribution in [1.29, 1.82) is 0 Å². The molecule has 1 amide bonds. The molecule has 0 unspecified atom stereocenters. The maximum atomic E-state index is 12.3. The molecule has 19 heavy (non-hydrogen) atoms. The summed E-state index contributed by atoms with van der Waals surface area (Å²) in [6.07, 6.45) is 0.983. The Labute approximate surface area is 116 Å². The van der Waals surface area contributed by atoms with Crippen LogP contribution in [0.5, 0.6) is 0 Å². The summed E-state index contributed by atoms with van der Waals surface area (Å²) in [5.41, 5.74) is 2.52. The number of aryl methyl sites for hydroxylation is 1. The van der Waals surface area contributed by atoms with Crippen LogP contribution in [0, 0.1) is 6.92 Å². The lowest BCUT2D eigenvalue weighted by Gasteiger charge is -2.10. The van der Waals surface area contributed by atoms with Gasteiger partial charge in [-0.2, -0.15) is 0 Å². The van der Waals surface area contributed by atoms with Crippen LogP contribution >= 0.6 is 11.6 Å². The van der Waals surface area contributed by atoms with Crippen LogP contribution in [0.15, 0.2) is 18.2 Å². The van der Waals surface area contributed by atoms with Crippen LogP contribution in [0.25, 0.3) is 10.9 Å². The van der Waals surface area contributed by atoms with Crippen LogP contribution in [0.3, 0.4) is 0 Å². The van der Waals surface area contributed by atoms with E-state index in [2.05, 4.69) is 15.6 Å². The van der Waals surface area contributed by atoms with E-state index in [1.165, 1.54) is 0 Å². The Kier molecular flexibility index (Phi) is 3.21. The molecule has 5 heteroatoms. The summed E-state index contributed by atoms with van der Waals surface area (Å²) in [6.45, 7) is 3.75. The number of H-pyrrole nitrogens is 1. The monoisotopic (exact) mass is 277 g/mol. The van der Waals surface area contributed by atoms with Gasteiger partial charge in [-0.15, -0.1) is 0 Å². The van der Waals surface area contributed by atoms with Gasteiger partial charge in [0.2, 0.25) is 0 Å². The highest BCUT2D eigenvalue weighted by Crippen LogP contribution is 2.25. The molecule has 4 nitrogen and oxygen atoms in total. The quantitative estimate of drug-likeness (QED) is 0.788. The minimum atomic E-state index is -0.0430. The summed E-state index contributed by atoms with van der Waals surface area (Å²) in [5.74, 6) is -0.0430. The maximum absolute atomic E-state index is 12.3. The van der Waals surface area contributed by atoms with Gasteiger partial charge >= 0.3 is 0 Å². The molecule has 1 fully saturated rings. The van der Waals surface area contributed by atoms with Crippen molar-refractivity contribution in [2.75, 3.05) is 13.1 Å². The van der Waals surface area contributed by atoms with E-state index in [9.17, 15) is 4.79 Å². The number of hydrogen-bond donors (Lipinski definition) is 3. The van der Waals surface area contributed by atoms with E-state index in [0.29, 0.717) is 10.7 Å². The Morgan fingerprint density at radius 2 is 2.32 bits per heavy atom. The van der Waals surface area contributed by atoms with Crippen molar-refractivity contribution in [3.8, 4) is 0 Å². The molecule has 0 saturated carbocycles. The van der Waals surface area contributed by atoms with E-state index < -0.39 is 0 Å². The van der Waals surface area contributed by atoms with Crippen molar-refractivity contribution in [3.05, 3.63) is 34.5 Å². The first-order valence-electron chi connectivity index (χ1n) is 6.44. The molecule has 1 aliphatic heterocycles. The first-order valence-corrected chi connectivity index (χ1v) is 6.82. The summed E-state index contributed by atoms with van der Waals surface area (Å²) < 4.78 is 0. The predicted molar refractivity (Wildman–Crippen MR) is 76.8 cm³/mol. The summed E-state index contributed by atoms with van der Waals surface area (Å²) >= 11 is 5.99. The van der Waals surface area contributed by atoms with Crippen LogP contribution in [-0.2, 0) is 0 Å². The molecule has 0 aliphatic carbocycles. The highest BCUT2D eigenvalue weighted by molar-refractivity contribution is 6.31. The van der Waals surface area contributed by atoms with E-state index in [0.717, 1.165) is 36.0 Å². The lowest BCUT2D eigenvalue weighted by atomic mass is 10.1. The number of rotatable bonds is 2. The van der Waals surface area contributed by atoms with Gasteiger partial charge in [0.1, 0.15) is 5.69 Å². The van der Waals surface area contributed by atoms with E-state index in [1.807, 2.05) is 25.1 Å². The Hall–Kier alpha value is -1.52. The van der Waals surface area contributed by atoms with Gasteiger partial charge in [0, 0.05) is 28.5 Å². The molecule has 2 aromatic rings. The van der Waals surface area contributed by atoms with E-state index >= 15 is 0 Å². The van der Waals surface area contributed by atoms with Gasteiger partial charge in [0.25, 0.3) is 5.91 Å². The highest BCUT2D eigenvalue weighted by atomic mass is 35.5.